The van der Waals surface area contributed by atoms with Crippen LogP contribution in [0.3, 0.4) is 0 Å². The maximum atomic E-state index is 12.3. The van der Waals surface area contributed by atoms with Gasteiger partial charge in [-0.15, -0.1) is 0 Å². The van der Waals surface area contributed by atoms with Crippen molar-refractivity contribution < 1.29 is 14.3 Å². The molecule has 0 radical (unpaired) electrons. The molecule has 0 fully saturated rings. The van der Waals surface area contributed by atoms with Crippen molar-refractivity contribution in [1.29, 1.82) is 0 Å². The van der Waals surface area contributed by atoms with E-state index in [1.54, 1.807) is 12.0 Å². The van der Waals surface area contributed by atoms with Crippen LogP contribution in [0, 0.1) is 0 Å². The molecule has 104 valence electrons. The number of nitrogens with zero attached hydrogens (tertiary/aromatic N) is 1. The summed E-state index contributed by atoms with van der Waals surface area (Å²) >= 11 is 0. The Morgan fingerprint density at radius 1 is 1.35 bits per heavy atom. The molecule has 0 aliphatic carbocycles. The summed E-state index contributed by atoms with van der Waals surface area (Å²) in [4.78, 5) is 14.0. The van der Waals surface area contributed by atoms with E-state index in [1.165, 1.54) is 0 Å². The molecule has 20 heavy (non-hydrogen) atoms. The molecule has 0 N–H and O–H groups in total. The Labute approximate surface area is 118 Å². The highest BCUT2D eigenvalue weighted by Gasteiger charge is 2.41. The third-order valence-electron chi connectivity index (χ3n) is 3.32. The standard InChI is InChI=1S/C16H17NO3/c1-16(2,3)20-15(18)17-13-7-8-14(17)12-9-10(19-4)5-6-11(12)13/h5-7,9,13H,1-4H3. The highest BCUT2D eigenvalue weighted by atomic mass is 16.6. The minimum absolute atomic E-state index is 0.110. The maximum Gasteiger partial charge on any atom is 0.416 e. The van der Waals surface area contributed by atoms with Gasteiger partial charge in [-0.05, 0) is 44.5 Å². The number of methoxy groups -OCH3 is 1. The van der Waals surface area contributed by atoms with Crippen LogP contribution in [0.1, 0.15) is 37.9 Å². The van der Waals surface area contributed by atoms with Crippen molar-refractivity contribution in [2.45, 2.75) is 32.4 Å². The lowest BCUT2D eigenvalue weighted by molar-refractivity contribution is 0.0334. The quantitative estimate of drug-likeness (QED) is 0.734. The van der Waals surface area contributed by atoms with Crippen molar-refractivity contribution in [3.8, 4) is 5.75 Å². The van der Waals surface area contributed by atoms with Gasteiger partial charge < -0.3 is 9.47 Å². The van der Waals surface area contributed by atoms with Gasteiger partial charge in [-0.1, -0.05) is 11.8 Å². The molecule has 4 heteroatoms. The van der Waals surface area contributed by atoms with Crippen molar-refractivity contribution in [2.75, 3.05) is 7.11 Å². The van der Waals surface area contributed by atoms with Gasteiger partial charge in [0.15, 0.2) is 0 Å². The van der Waals surface area contributed by atoms with E-state index in [-0.39, 0.29) is 12.1 Å². The number of carbonyl (C=O) groups is 1. The highest BCUT2D eigenvalue weighted by molar-refractivity contribution is 5.89. The van der Waals surface area contributed by atoms with Gasteiger partial charge >= 0.3 is 6.09 Å². The molecule has 2 aliphatic heterocycles. The summed E-state index contributed by atoms with van der Waals surface area (Å²) in [5, 5.41) is 0. The zero-order chi connectivity index (χ0) is 14.5. The Balaban J connectivity index is 1.94. The van der Waals surface area contributed by atoms with Gasteiger partial charge in [-0.25, -0.2) is 4.79 Å². The predicted molar refractivity (Wildman–Crippen MR) is 75.3 cm³/mol. The molecule has 3 rings (SSSR count). The number of carbonyl (C=O) groups excluding carboxylic acids is 1. The second-order valence-electron chi connectivity index (χ2n) is 5.91. The summed E-state index contributed by atoms with van der Waals surface area (Å²) in [5.74, 6) is 0.773. The van der Waals surface area contributed by atoms with Gasteiger partial charge in [0.05, 0.1) is 18.8 Å². The second-order valence-corrected chi connectivity index (χ2v) is 5.91. The van der Waals surface area contributed by atoms with Crippen molar-refractivity contribution >= 4 is 11.8 Å². The van der Waals surface area contributed by atoms with Crippen LogP contribution in [-0.4, -0.2) is 23.7 Å². The van der Waals surface area contributed by atoms with E-state index < -0.39 is 5.60 Å². The van der Waals surface area contributed by atoms with Crippen LogP contribution in [0.25, 0.3) is 5.70 Å². The molecule has 0 saturated heterocycles. The fourth-order valence-corrected chi connectivity index (χ4v) is 2.52. The molecule has 2 heterocycles. The van der Waals surface area contributed by atoms with Crippen molar-refractivity contribution in [3.05, 3.63) is 41.1 Å². The fraction of sp³-hybridized carbons (Fsp3) is 0.375. The van der Waals surface area contributed by atoms with E-state index >= 15 is 0 Å². The first-order valence-electron chi connectivity index (χ1n) is 6.58. The van der Waals surface area contributed by atoms with Crippen LogP contribution >= 0.6 is 0 Å². The smallest absolute Gasteiger partial charge is 0.416 e. The molecular formula is C16H17NO3. The third-order valence-corrected chi connectivity index (χ3v) is 3.32. The van der Waals surface area contributed by atoms with Gasteiger partial charge in [0.1, 0.15) is 11.4 Å². The van der Waals surface area contributed by atoms with Gasteiger partial charge in [0, 0.05) is 5.56 Å². The van der Waals surface area contributed by atoms with E-state index in [2.05, 4.69) is 5.73 Å². The highest BCUT2D eigenvalue weighted by Crippen LogP contribution is 2.47. The molecule has 1 atom stereocenters. The Kier molecular flexibility index (Phi) is 2.66. The second kappa shape index (κ2) is 4.15. The van der Waals surface area contributed by atoms with Crippen LogP contribution in [0.15, 0.2) is 30.0 Å². The van der Waals surface area contributed by atoms with Crippen molar-refractivity contribution in [2.24, 2.45) is 0 Å². The van der Waals surface area contributed by atoms with E-state index in [9.17, 15) is 4.79 Å². The summed E-state index contributed by atoms with van der Waals surface area (Å²) in [7, 11) is 1.63. The Hall–Kier alpha value is -2.19. The number of hydrogen-bond donors (Lipinski definition) is 0. The molecule has 4 nitrogen and oxygen atoms in total. The Bertz CT molecular complexity index is 648. The molecule has 1 unspecified atom stereocenters. The lowest BCUT2D eigenvalue weighted by Gasteiger charge is -2.25. The van der Waals surface area contributed by atoms with E-state index in [1.807, 2.05) is 45.0 Å². The molecule has 1 amide bonds. The van der Waals surface area contributed by atoms with Gasteiger partial charge in [-0.3, -0.25) is 4.90 Å². The minimum Gasteiger partial charge on any atom is -0.497 e. The van der Waals surface area contributed by atoms with Gasteiger partial charge in [-0.2, -0.15) is 0 Å². The summed E-state index contributed by atoms with van der Waals surface area (Å²) < 4.78 is 10.7. The zero-order valence-corrected chi connectivity index (χ0v) is 12.1. The predicted octanol–water partition coefficient (Wildman–Crippen LogP) is 3.50. The monoisotopic (exact) mass is 271 g/mol. The van der Waals surface area contributed by atoms with E-state index in [0.29, 0.717) is 0 Å². The lowest BCUT2D eigenvalue weighted by atomic mass is 10.0. The van der Waals surface area contributed by atoms with Crippen LogP contribution in [0.2, 0.25) is 0 Å². The lowest BCUT2D eigenvalue weighted by Crippen LogP contribution is -2.33. The topological polar surface area (TPSA) is 38.8 Å². The van der Waals surface area contributed by atoms with Crippen molar-refractivity contribution in [3.63, 3.8) is 0 Å². The summed E-state index contributed by atoms with van der Waals surface area (Å²) in [5.41, 5.74) is 5.47. The summed E-state index contributed by atoms with van der Waals surface area (Å²) in [6.45, 7) is 5.59. The third kappa shape index (κ3) is 1.89. The molecule has 1 aromatic carbocycles. The van der Waals surface area contributed by atoms with Gasteiger partial charge in [0.25, 0.3) is 0 Å². The van der Waals surface area contributed by atoms with Crippen LogP contribution in [0.4, 0.5) is 4.79 Å². The maximum absolute atomic E-state index is 12.3. The Morgan fingerprint density at radius 2 is 2.10 bits per heavy atom. The molecule has 2 bridgehead atoms. The SMILES string of the molecule is COc1ccc2c(c1)C1=C=CC2N1C(=O)OC(C)(C)C. The first-order valence-corrected chi connectivity index (χ1v) is 6.58. The number of ether oxygens (including phenoxy) is 2. The number of amides is 1. The first kappa shape index (κ1) is 12.8. The Morgan fingerprint density at radius 3 is 2.75 bits per heavy atom. The van der Waals surface area contributed by atoms with Crippen LogP contribution in [-0.2, 0) is 4.74 Å². The first-order chi connectivity index (χ1) is 9.40. The molecule has 0 spiro atoms. The molecule has 2 aliphatic rings. The number of fused-ring (bicyclic) bond motifs is 5. The number of hydrogen-bond acceptors (Lipinski definition) is 3. The fourth-order valence-electron chi connectivity index (χ4n) is 2.52. The number of rotatable bonds is 1. The van der Waals surface area contributed by atoms with E-state index in [0.717, 1.165) is 22.6 Å². The average Bonchev–Trinajstić information content (AvgIpc) is 2.92. The molecular weight excluding hydrogens is 254 g/mol. The van der Waals surface area contributed by atoms with Crippen molar-refractivity contribution in [1.82, 2.24) is 4.90 Å². The molecule has 1 aromatic rings. The molecule has 0 aromatic heterocycles. The summed E-state index contributed by atoms with van der Waals surface area (Å²) in [6.07, 6.45) is 1.56. The van der Waals surface area contributed by atoms with Crippen LogP contribution in [0.5, 0.6) is 5.75 Å². The number of benzene rings is 1. The largest absolute Gasteiger partial charge is 0.497 e. The average molecular weight is 271 g/mol. The summed E-state index contributed by atoms with van der Waals surface area (Å²) in [6, 6.07) is 5.71. The van der Waals surface area contributed by atoms with Gasteiger partial charge in [0.2, 0.25) is 0 Å². The normalized spacial score (nSPS) is 18.9. The van der Waals surface area contributed by atoms with Crippen LogP contribution < -0.4 is 4.74 Å². The zero-order valence-electron chi connectivity index (χ0n) is 12.1. The minimum atomic E-state index is -0.510. The molecule has 0 saturated carbocycles. The van der Waals surface area contributed by atoms with E-state index in [4.69, 9.17) is 9.47 Å².